The van der Waals surface area contributed by atoms with Crippen molar-refractivity contribution in [2.75, 3.05) is 6.54 Å². The summed E-state index contributed by atoms with van der Waals surface area (Å²) < 4.78 is 16.3. The SMILES string of the molecule is CCCc1ccc(-n2c(CC)nc(C(=O)NCC3CCC(C)CC3)c2C(N)=O)c(F)c1. The summed E-state index contributed by atoms with van der Waals surface area (Å²) in [4.78, 5) is 29.6. The lowest BCUT2D eigenvalue weighted by Crippen LogP contribution is -2.33. The van der Waals surface area contributed by atoms with E-state index in [1.54, 1.807) is 6.07 Å². The molecule has 1 aromatic carbocycles. The molecule has 3 rings (SSSR count). The summed E-state index contributed by atoms with van der Waals surface area (Å²) in [6.07, 6.45) is 6.56. The van der Waals surface area contributed by atoms with Crippen LogP contribution in [0.25, 0.3) is 5.69 Å². The van der Waals surface area contributed by atoms with Gasteiger partial charge in [0.25, 0.3) is 11.8 Å². The van der Waals surface area contributed by atoms with Crippen LogP contribution in [0.5, 0.6) is 0 Å². The summed E-state index contributed by atoms with van der Waals surface area (Å²) in [5, 5.41) is 2.92. The van der Waals surface area contributed by atoms with E-state index in [2.05, 4.69) is 17.2 Å². The smallest absolute Gasteiger partial charge is 0.272 e. The highest BCUT2D eigenvalue weighted by molar-refractivity contribution is 6.05. The molecule has 0 spiro atoms. The van der Waals surface area contributed by atoms with Crippen LogP contribution in [-0.2, 0) is 12.8 Å². The number of imidazole rings is 1. The van der Waals surface area contributed by atoms with Crippen LogP contribution in [0.2, 0.25) is 0 Å². The van der Waals surface area contributed by atoms with Gasteiger partial charge in [0.1, 0.15) is 17.3 Å². The maximum Gasteiger partial charge on any atom is 0.272 e. The molecule has 1 aliphatic rings. The lowest BCUT2D eigenvalue weighted by molar-refractivity contribution is 0.0920. The van der Waals surface area contributed by atoms with E-state index < -0.39 is 17.6 Å². The average Bonchev–Trinajstić information content (AvgIpc) is 3.13. The molecule has 0 radical (unpaired) electrons. The molecule has 2 amide bonds. The molecule has 6 nitrogen and oxygen atoms in total. The number of hydrogen-bond acceptors (Lipinski definition) is 3. The molecule has 0 aliphatic heterocycles. The van der Waals surface area contributed by atoms with Gasteiger partial charge in [-0.05, 0) is 48.8 Å². The summed E-state index contributed by atoms with van der Waals surface area (Å²) in [7, 11) is 0. The number of carbonyl (C=O) groups excluding carboxylic acids is 2. The van der Waals surface area contributed by atoms with Crippen molar-refractivity contribution in [2.45, 2.75) is 65.7 Å². The van der Waals surface area contributed by atoms with E-state index >= 15 is 0 Å². The molecule has 2 aromatic rings. The van der Waals surface area contributed by atoms with Crippen molar-refractivity contribution in [3.8, 4) is 5.69 Å². The number of nitrogens with zero attached hydrogens (tertiary/aromatic N) is 2. The van der Waals surface area contributed by atoms with E-state index in [1.165, 1.54) is 10.6 Å². The summed E-state index contributed by atoms with van der Waals surface area (Å²) in [6, 6.07) is 4.92. The lowest BCUT2D eigenvalue weighted by Gasteiger charge is -2.26. The number of primary amides is 1. The van der Waals surface area contributed by atoms with Gasteiger partial charge in [0, 0.05) is 13.0 Å². The summed E-state index contributed by atoms with van der Waals surface area (Å²) in [5.74, 6) is -0.135. The van der Waals surface area contributed by atoms with Gasteiger partial charge >= 0.3 is 0 Å². The second-order valence-electron chi connectivity index (χ2n) is 8.65. The van der Waals surface area contributed by atoms with Crippen LogP contribution in [0.15, 0.2) is 18.2 Å². The minimum atomic E-state index is -0.805. The predicted molar refractivity (Wildman–Crippen MR) is 119 cm³/mol. The quantitative estimate of drug-likeness (QED) is 0.661. The molecule has 1 saturated carbocycles. The zero-order chi connectivity index (χ0) is 22.5. The first-order chi connectivity index (χ1) is 14.8. The van der Waals surface area contributed by atoms with Crippen molar-refractivity contribution in [1.82, 2.24) is 14.9 Å². The highest BCUT2D eigenvalue weighted by atomic mass is 19.1. The monoisotopic (exact) mass is 428 g/mol. The highest BCUT2D eigenvalue weighted by Gasteiger charge is 2.28. The summed E-state index contributed by atoms with van der Waals surface area (Å²) in [6.45, 7) is 6.66. The number of nitrogens with one attached hydrogen (secondary N) is 1. The Morgan fingerprint density at radius 3 is 2.52 bits per heavy atom. The zero-order valence-electron chi connectivity index (χ0n) is 18.7. The fourth-order valence-corrected chi connectivity index (χ4v) is 4.38. The Bertz CT molecular complexity index is 945. The number of nitrogens with two attached hydrogens (primary N) is 1. The Morgan fingerprint density at radius 1 is 1.23 bits per heavy atom. The molecule has 1 fully saturated rings. The van der Waals surface area contributed by atoms with Crippen molar-refractivity contribution in [3.63, 3.8) is 0 Å². The van der Waals surface area contributed by atoms with Crippen LogP contribution in [0.3, 0.4) is 0 Å². The van der Waals surface area contributed by atoms with Crippen molar-refractivity contribution >= 4 is 11.8 Å². The Hall–Kier alpha value is -2.70. The second kappa shape index (κ2) is 10.1. The van der Waals surface area contributed by atoms with E-state index in [9.17, 15) is 14.0 Å². The molecule has 1 heterocycles. The van der Waals surface area contributed by atoms with E-state index in [0.29, 0.717) is 24.7 Å². The molecule has 1 aromatic heterocycles. The normalized spacial score (nSPS) is 18.7. The standard InChI is InChI=1S/C24H33FN4O2/c1-4-6-16-11-12-19(18(25)13-16)29-20(5-2)28-21(22(29)23(26)30)24(31)27-14-17-9-7-15(3)8-10-17/h11-13,15,17H,4-10,14H2,1-3H3,(H2,26,30)(H,27,31). The number of halogens is 1. The summed E-state index contributed by atoms with van der Waals surface area (Å²) >= 11 is 0. The van der Waals surface area contributed by atoms with E-state index in [1.807, 2.05) is 19.9 Å². The van der Waals surface area contributed by atoms with Gasteiger partial charge in [-0.3, -0.25) is 14.2 Å². The largest absolute Gasteiger partial charge is 0.364 e. The average molecular weight is 429 g/mol. The number of hydrogen-bond donors (Lipinski definition) is 2. The molecule has 31 heavy (non-hydrogen) atoms. The van der Waals surface area contributed by atoms with Crippen molar-refractivity contribution in [3.05, 3.63) is 46.8 Å². The van der Waals surface area contributed by atoms with Gasteiger partial charge < -0.3 is 11.1 Å². The van der Waals surface area contributed by atoms with Crippen molar-refractivity contribution < 1.29 is 14.0 Å². The van der Waals surface area contributed by atoms with Crippen LogP contribution < -0.4 is 11.1 Å². The molecule has 1 aliphatic carbocycles. The third-order valence-corrected chi connectivity index (χ3v) is 6.19. The van der Waals surface area contributed by atoms with Crippen molar-refractivity contribution in [2.24, 2.45) is 17.6 Å². The molecule has 7 heteroatoms. The second-order valence-corrected chi connectivity index (χ2v) is 8.65. The van der Waals surface area contributed by atoms with Crippen LogP contribution >= 0.6 is 0 Å². The molecule has 0 bridgehead atoms. The Labute approximate surface area is 183 Å². The minimum Gasteiger partial charge on any atom is -0.364 e. The fraction of sp³-hybridized carbons (Fsp3) is 0.542. The Kier molecular flexibility index (Phi) is 7.46. The van der Waals surface area contributed by atoms with Crippen molar-refractivity contribution in [1.29, 1.82) is 0 Å². The van der Waals surface area contributed by atoms with Gasteiger partial charge in [-0.25, -0.2) is 9.37 Å². The molecular formula is C24H33FN4O2. The number of benzene rings is 1. The molecule has 0 atom stereocenters. The number of amides is 2. The van der Waals surface area contributed by atoms with E-state index in [0.717, 1.165) is 50.0 Å². The lowest BCUT2D eigenvalue weighted by atomic mass is 9.83. The third kappa shape index (κ3) is 5.14. The van der Waals surface area contributed by atoms with E-state index in [-0.39, 0.29) is 17.1 Å². The first-order valence-electron chi connectivity index (χ1n) is 11.3. The Morgan fingerprint density at radius 2 is 1.94 bits per heavy atom. The Balaban J connectivity index is 1.91. The maximum absolute atomic E-state index is 15.0. The number of aryl methyl sites for hydroxylation is 2. The molecule has 3 N–H and O–H groups in total. The summed E-state index contributed by atoms with van der Waals surface area (Å²) in [5.41, 5.74) is 6.58. The molecule has 0 unspecified atom stereocenters. The van der Waals surface area contributed by atoms with Gasteiger partial charge in [0.15, 0.2) is 5.69 Å². The topological polar surface area (TPSA) is 90.0 Å². The van der Waals surface area contributed by atoms with E-state index in [4.69, 9.17) is 5.73 Å². The minimum absolute atomic E-state index is 0.0365. The van der Waals surface area contributed by atoms with Gasteiger partial charge in [0.05, 0.1) is 5.69 Å². The van der Waals surface area contributed by atoms with Gasteiger partial charge in [-0.15, -0.1) is 0 Å². The first-order valence-corrected chi connectivity index (χ1v) is 11.3. The van der Waals surface area contributed by atoms with Gasteiger partial charge in [-0.1, -0.05) is 46.1 Å². The first kappa shape index (κ1) is 23.0. The third-order valence-electron chi connectivity index (χ3n) is 6.19. The predicted octanol–water partition coefficient (Wildman–Crippen LogP) is 4.18. The van der Waals surface area contributed by atoms with Crippen LogP contribution in [0, 0.1) is 17.7 Å². The highest BCUT2D eigenvalue weighted by Crippen LogP contribution is 2.28. The number of rotatable bonds is 8. The maximum atomic E-state index is 15.0. The molecular weight excluding hydrogens is 395 g/mol. The van der Waals surface area contributed by atoms with Crippen LogP contribution in [0.4, 0.5) is 4.39 Å². The number of carbonyl (C=O) groups is 2. The fourth-order valence-electron chi connectivity index (χ4n) is 4.38. The van der Waals surface area contributed by atoms with Crippen LogP contribution in [-0.4, -0.2) is 27.9 Å². The molecule has 168 valence electrons. The van der Waals surface area contributed by atoms with Gasteiger partial charge in [0.2, 0.25) is 0 Å². The zero-order valence-corrected chi connectivity index (χ0v) is 18.7. The number of aromatic nitrogens is 2. The van der Waals surface area contributed by atoms with Gasteiger partial charge in [-0.2, -0.15) is 0 Å². The van der Waals surface area contributed by atoms with Crippen LogP contribution in [0.1, 0.15) is 85.2 Å². The molecule has 0 saturated heterocycles.